The maximum Gasteiger partial charge on any atom is 0.161 e. The van der Waals surface area contributed by atoms with E-state index in [0.29, 0.717) is 6.61 Å². The van der Waals surface area contributed by atoms with Crippen LogP contribution in [0.4, 0.5) is 0 Å². The molecule has 2 rings (SSSR count). The largest absolute Gasteiger partial charge is 0.493 e. The Hall–Kier alpha value is -1.26. The van der Waals surface area contributed by atoms with Gasteiger partial charge in [-0.05, 0) is 43.5 Å². The van der Waals surface area contributed by atoms with Crippen LogP contribution in [0.1, 0.15) is 31.7 Å². The first kappa shape index (κ1) is 15.1. The molecule has 1 aromatic carbocycles. The maximum absolute atomic E-state index is 5.91. The third-order valence-corrected chi connectivity index (χ3v) is 3.51. The lowest BCUT2D eigenvalue weighted by atomic mass is 10.1. The molecule has 4 nitrogen and oxygen atoms in total. The van der Waals surface area contributed by atoms with Gasteiger partial charge in [-0.2, -0.15) is 0 Å². The summed E-state index contributed by atoms with van der Waals surface area (Å²) in [5.74, 6) is 1.58. The Morgan fingerprint density at radius 3 is 2.90 bits per heavy atom. The molecule has 0 radical (unpaired) electrons. The Kier molecular flexibility index (Phi) is 6.15. The summed E-state index contributed by atoms with van der Waals surface area (Å²) in [6.07, 6.45) is 3.69. The number of rotatable bonds is 7. The van der Waals surface area contributed by atoms with Crippen molar-refractivity contribution < 1.29 is 14.2 Å². The molecule has 0 bridgehead atoms. The van der Waals surface area contributed by atoms with Crippen LogP contribution in [0.15, 0.2) is 18.2 Å². The monoisotopic (exact) mass is 279 g/mol. The number of methoxy groups -OCH3 is 1. The van der Waals surface area contributed by atoms with E-state index in [1.165, 1.54) is 12.0 Å². The molecule has 20 heavy (non-hydrogen) atoms. The van der Waals surface area contributed by atoms with Crippen molar-refractivity contribution in [3.05, 3.63) is 23.8 Å². The van der Waals surface area contributed by atoms with E-state index < -0.39 is 0 Å². The van der Waals surface area contributed by atoms with Crippen molar-refractivity contribution in [1.29, 1.82) is 0 Å². The number of ether oxygens (including phenoxy) is 3. The molecule has 1 aliphatic rings. The summed E-state index contributed by atoms with van der Waals surface area (Å²) in [4.78, 5) is 0. The lowest BCUT2D eigenvalue weighted by Gasteiger charge is -2.23. The summed E-state index contributed by atoms with van der Waals surface area (Å²) < 4.78 is 17.0. The molecule has 4 heteroatoms. The number of hydrogen-bond acceptors (Lipinski definition) is 4. The molecule has 1 N–H and O–H groups in total. The van der Waals surface area contributed by atoms with Crippen LogP contribution in [-0.4, -0.2) is 33.0 Å². The van der Waals surface area contributed by atoms with Crippen LogP contribution in [0.3, 0.4) is 0 Å². The van der Waals surface area contributed by atoms with Gasteiger partial charge in [0.15, 0.2) is 11.5 Å². The van der Waals surface area contributed by atoms with Crippen LogP contribution in [0.2, 0.25) is 0 Å². The van der Waals surface area contributed by atoms with E-state index >= 15 is 0 Å². The van der Waals surface area contributed by atoms with E-state index in [1.54, 1.807) is 7.11 Å². The molecule has 1 fully saturated rings. The highest BCUT2D eigenvalue weighted by Gasteiger charge is 2.15. The molecule has 112 valence electrons. The molecule has 0 aromatic heterocycles. The quantitative estimate of drug-likeness (QED) is 0.833. The van der Waals surface area contributed by atoms with Crippen LogP contribution in [-0.2, 0) is 11.3 Å². The zero-order chi connectivity index (χ0) is 14.2. The van der Waals surface area contributed by atoms with Gasteiger partial charge in [0.25, 0.3) is 0 Å². The molecule has 1 atom stereocenters. The van der Waals surface area contributed by atoms with Crippen molar-refractivity contribution in [2.24, 2.45) is 0 Å². The molecule has 1 aromatic rings. The van der Waals surface area contributed by atoms with E-state index in [1.807, 2.05) is 12.1 Å². The van der Waals surface area contributed by atoms with Gasteiger partial charge in [0.05, 0.1) is 13.2 Å². The highest BCUT2D eigenvalue weighted by molar-refractivity contribution is 5.43. The topological polar surface area (TPSA) is 39.7 Å². The van der Waals surface area contributed by atoms with Gasteiger partial charge in [-0.3, -0.25) is 0 Å². The van der Waals surface area contributed by atoms with E-state index in [9.17, 15) is 0 Å². The summed E-state index contributed by atoms with van der Waals surface area (Å²) in [7, 11) is 1.67. The van der Waals surface area contributed by atoms with Gasteiger partial charge in [-0.15, -0.1) is 0 Å². The van der Waals surface area contributed by atoms with Crippen LogP contribution < -0.4 is 14.8 Å². The normalized spacial score (nSPS) is 18.8. The van der Waals surface area contributed by atoms with Gasteiger partial charge in [0.1, 0.15) is 6.61 Å². The average molecular weight is 279 g/mol. The molecule has 0 spiro atoms. The number of hydrogen-bond donors (Lipinski definition) is 1. The van der Waals surface area contributed by atoms with Crippen molar-refractivity contribution in [1.82, 2.24) is 5.32 Å². The van der Waals surface area contributed by atoms with E-state index in [-0.39, 0.29) is 6.10 Å². The summed E-state index contributed by atoms with van der Waals surface area (Å²) in [6.45, 7) is 5.35. The fraction of sp³-hybridized carbons (Fsp3) is 0.625. The van der Waals surface area contributed by atoms with Crippen LogP contribution in [0.5, 0.6) is 11.5 Å². The van der Waals surface area contributed by atoms with Crippen molar-refractivity contribution in [2.45, 2.75) is 38.8 Å². The third-order valence-electron chi connectivity index (χ3n) is 3.51. The first-order chi connectivity index (χ1) is 9.83. The van der Waals surface area contributed by atoms with Crippen molar-refractivity contribution in [2.75, 3.05) is 26.9 Å². The zero-order valence-electron chi connectivity index (χ0n) is 12.5. The predicted octanol–water partition coefficient (Wildman–Crippen LogP) is 2.75. The summed E-state index contributed by atoms with van der Waals surface area (Å²) in [5.41, 5.74) is 1.20. The Morgan fingerprint density at radius 1 is 1.30 bits per heavy atom. The smallest absolute Gasteiger partial charge is 0.161 e. The summed E-state index contributed by atoms with van der Waals surface area (Å²) in [5, 5.41) is 3.31. The van der Waals surface area contributed by atoms with E-state index in [4.69, 9.17) is 14.2 Å². The van der Waals surface area contributed by atoms with Gasteiger partial charge >= 0.3 is 0 Å². The fourth-order valence-corrected chi connectivity index (χ4v) is 2.33. The van der Waals surface area contributed by atoms with Crippen molar-refractivity contribution >= 4 is 0 Å². The standard InChI is InChI=1S/C16H25NO3/c1-3-17-11-13-7-8-15(18-2)16(10-13)20-12-14-6-4-5-9-19-14/h7-8,10,14,17H,3-6,9,11-12H2,1-2H3. The van der Waals surface area contributed by atoms with Crippen molar-refractivity contribution in [3.63, 3.8) is 0 Å². The van der Waals surface area contributed by atoms with Gasteiger partial charge in [0.2, 0.25) is 0 Å². The average Bonchev–Trinajstić information content (AvgIpc) is 2.52. The zero-order valence-corrected chi connectivity index (χ0v) is 12.5. The number of nitrogens with one attached hydrogen (secondary N) is 1. The highest BCUT2D eigenvalue weighted by atomic mass is 16.5. The Labute approximate surface area is 121 Å². The second kappa shape index (κ2) is 8.12. The lowest BCUT2D eigenvalue weighted by Crippen LogP contribution is -2.25. The first-order valence-electron chi connectivity index (χ1n) is 7.45. The first-order valence-corrected chi connectivity index (χ1v) is 7.45. The molecule has 0 amide bonds. The molecular formula is C16H25NO3. The van der Waals surface area contributed by atoms with Crippen LogP contribution >= 0.6 is 0 Å². The highest BCUT2D eigenvalue weighted by Crippen LogP contribution is 2.28. The summed E-state index contributed by atoms with van der Waals surface area (Å²) >= 11 is 0. The second-order valence-corrected chi connectivity index (χ2v) is 5.07. The second-order valence-electron chi connectivity index (χ2n) is 5.07. The van der Waals surface area contributed by atoms with Gasteiger partial charge in [-0.25, -0.2) is 0 Å². The van der Waals surface area contributed by atoms with Crippen LogP contribution in [0.25, 0.3) is 0 Å². The van der Waals surface area contributed by atoms with Crippen LogP contribution in [0, 0.1) is 0 Å². The fourth-order valence-electron chi connectivity index (χ4n) is 2.33. The molecule has 0 aliphatic carbocycles. The van der Waals surface area contributed by atoms with E-state index in [0.717, 1.165) is 44.0 Å². The van der Waals surface area contributed by atoms with Gasteiger partial charge in [0, 0.05) is 13.2 Å². The van der Waals surface area contributed by atoms with Gasteiger partial charge < -0.3 is 19.5 Å². The molecule has 1 saturated heterocycles. The van der Waals surface area contributed by atoms with E-state index in [2.05, 4.69) is 18.3 Å². The Balaban J connectivity index is 1.96. The minimum Gasteiger partial charge on any atom is -0.493 e. The molecule has 0 saturated carbocycles. The molecule has 1 unspecified atom stereocenters. The maximum atomic E-state index is 5.91. The molecule has 1 aliphatic heterocycles. The minimum absolute atomic E-state index is 0.214. The minimum atomic E-state index is 0.214. The van der Waals surface area contributed by atoms with Gasteiger partial charge in [-0.1, -0.05) is 13.0 Å². The number of benzene rings is 1. The lowest BCUT2D eigenvalue weighted by molar-refractivity contribution is -0.0115. The summed E-state index contributed by atoms with van der Waals surface area (Å²) in [6, 6.07) is 6.07. The predicted molar refractivity (Wildman–Crippen MR) is 79.5 cm³/mol. The third kappa shape index (κ3) is 4.39. The Bertz CT molecular complexity index is 403. The Morgan fingerprint density at radius 2 is 2.20 bits per heavy atom. The molecular weight excluding hydrogens is 254 g/mol. The molecule has 1 heterocycles. The van der Waals surface area contributed by atoms with Crippen molar-refractivity contribution in [3.8, 4) is 11.5 Å². The SMILES string of the molecule is CCNCc1ccc(OC)c(OCC2CCCCO2)c1.